The van der Waals surface area contributed by atoms with Crippen LogP contribution < -0.4 is 21.1 Å². The Morgan fingerprint density at radius 3 is 2.65 bits per heavy atom. The van der Waals surface area contributed by atoms with Crippen molar-refractivity contribution < 1.29 is 4.74 Å². The predicted molar refractivity (Wildman–Crippen MR) is 78.8 cm³/mol. The Hall–Kier alpha value is -1.67. The lowest BCUT2D eigenvalue weighted by Gasteiger charge is -2.29. The summed E-state index contributed by atoms with van der Waals surface area (Å²) in [7, 11) is 1.98. The molecular weight excluding hydrogens is 258 g/mol. The molecule has 0 radical (unpaired) electrons. The Morgan fingerprint density at radius 2 is 2.05 bits per heavy atom. The lowest BCUT2D eigenvalue weighted by atomic mass is 10.2. The Kier molecular flexibility index (Phi) is 4.91. The number of nitrogens with two attached hydrogens (primary N) is 1. The van der Waals surface area contributed by atoms with Crippen molar-refractivity contribution in [2.75, 3.05) is 48.6 Å². The van der Waals surface area contributed by atoms with Gasteiger partial charge in [-0.3, -0.25) is 5.43 Å². The maximum absolute atomic E-state index is 5.46. The molecule has 1 aliphatic rings. The van der Waals surface area contributed by atoms with E-state index >= 15 is 0 Å². The number of rotatable bonds is 5. The number of nitrogen functional groups attached to an aromatic ring is 1. The molecule has 2 rings (SSSR count). The highest BCUT2D eigenvalue weighted by molar-refractivity contribution is 5.45. The van der Waals surface area contributed by atoms with Gasteiger partial charge in [-0.15, -0.1) is 0 Å². The molecule has 0 bridgehead atoms. The number of nitrogens with one attached hydrogen (secondary N) is 1. The monoisotopic (exact) mass is 281 g/mol. The maximum Gasteiger partial charge on any atom is 0.243 e. The van der Waals surface area contributed by atoms with Crippen molar-refractivity contribution in [3.8, 4) is 0 Å². The summed E-state index contributed by atoms with van der Waals surface area (Å²) < 4.78 is 5.35. The summed E-state index contributed by atoms with van der Waals surface area (Å²) in [6, 6.07) is 0.348. The topological polar surface area (TPSA) is 92.4 Å². The third-order valence-corrected chi connectivity index (χ3v) is 3.60. The molecule has 0 amide bonds. The Balaban J connectivity index is 2.27. The van der Waals surface area contributed by atoms with E-state index in [1.54, 1.807) is 0 Å². The first kappa shape index (κ1) is 14.7. The minimum absolute atomic E-state index is 0.348. The van der Waals surface area contributed by atoms with Crippen LogP contribution in [0.5, 0.6) is 0 Å². The second kappa shape index (κ2) is 6.67. The normalized spacial score (nSPS) is 16.9. The highest BCUT2D eigenvalue weighted by Crippen LogP contribution is 2.18. The van der Waals surface area contributed by atoms with E-state index in [0.717, 1.165) is 19.5 Å². The van der Waals surface area contributed by atoms with Gasteiger partial charge in [-0.05, 0) is 13.3 Å². The van der Waals surface area contributed by atoms with E-state index < -0.39 is 0 Å². The molecule has 1 aromatic rings. The van der Waals surface area contributed by atoms with Gasteiger partial charge in [-0.1, -0.05) is 6.92 Å². The number of hydrogen-bond acceptors (Lipinski definition) is 8. The van der Waals surface area contributed by atoms with Crippen molar-refractivity contribution >= 4 is 17.8 Å². The molecule has 0 saturated carbocycles. The molecule has 1 aromatic heterocycles. The summed E-state index contributed by atoms with van der Waals surface area (Å²) in [4.78, 5) is 17.3. The van der Waals surface area contributed by atoms with Crippen LogP contribution in [0.25, 0.3) is 0 Å². The quantitative estimate of drug-likeness (QED) is 0.585. The van der Waals surface area contributed by atoms with Gasteiger partial charge in [0.2, 0.25) is 17.8 Å². The second-order valence-electron chi connectivity index (χ2n) is 4.87. The number of hydrazine groups is 1. The first-order chi connectivity index (χ1) is 9.65. The highest BCUT2D eigenvalue weighted by Gasteiger charge is 2.19. The molecule has 0 spiro atoms. The fourth-order valence-corrected chi connectivity index (χ4v) is 1.95. The Labute approximate surface area is 119 Å². The SMILES string of the molecule is CCC(C)N(C)c1nc(NN)nc(N2CCOCC2)n1. The van der Waals surface area contributed by atoms with E-state index in [9.17, 15) is 0 Å². The van der Waals surface area contributed by atoms with E-state index in [2.05, 4.69) is 39.1 Å². The van der Waals surface area contributed by atoms with Crippen LogP contribution in [0, 0.1) is 0 Å². The van der Waals surface area contributed by atoms with Crippen LogP contribution in [-0.4, -0.2) is 54.3 Å². The minimum Gasteiger partial charge on any atom is -0.378 e. The molecule has 1 saturated heterocycles. The number of nitrogens with zero attached hydrogens (tertiary/aromatic N) is 5. The van der Waals surface area contributed by atoms with Crippen molar-refractivity contribution in [1.82, 2.24) is 15.0 Å². The molecule has 1 fully saturated rings. The number of hydrogen-bond donors (Lipinski definition) is 2. The van der Waals surface area contributed by atoms with Crippen LogP contribution in [0.2, 0.25) is 0 Å². The van der Waals surface area contributed by atoms with E-state index in [0.29, 0.717) is 37.1 Å². The first-order valence-corrected chi connectivity index (χ1v) is 6.94. The summed E-state index contributed by atoms with van der Waals surface area (Å²) in [5, 5.41) is 0. The summed E-state index contributed by atoms with van der Waals surface area (Å²) in [6.45, 7) is 7.20. The molecule has 3 N–H and O–H groups in total. The highest BCUT2D eigenvalue weighted by atomic mass is 16.5. The zero-order valence-electron chi connectivity index (χ0n) is 12.3. The standard InChI is InChI=1S/C12H23N7O/c1-4-9(2)18(3)11-14-10(17-13)15-12(16-11)19-5-7-20-8-6-19/h9H,4-8,13H2,1-3H3,(H,14,15,16,17). The minimum atomic E-state index is 0.348. The molecule has 0 aliphatic carbocycles. The maximum atomic E-state index is 5.46. The van der Waals surface area contributed by atoms with E-state index in [-0.39, 0.29) is 0 Å². The average molecular weight is 281 g/mol. The van der Waals surface area contributed by atoms with Gasteiger partial charge in [-0.2, -0.15) is 15.0 Å². The van der Waals surface area contributed by atoms with Crippen LogP contribution >= 0.6 is 0 Å². The van der Waals surface area contributed by atoms with E-state index in [4.69, 9.17) is 10.6 Å². The Bertz CT molecular complexity index is 416. The molecule has 1 atom stereocenters. The lowest BCUT2D eigenvalue weighted by Crippen LogP contribution is -2.38. The fourth-order valence-electron chi connectivity index (χ4n) is 1.95. The predicted octanol–water partition coefficient (Wildman–Crippen LogP) is 0.229. The lowest BCUT2D eigenvalue weighted by molar-refractivity contribution is 0.122. The van der Waals surface area contributed by atoms with Crippen LogP contribution in [-0.2, 0) is 4.74 Å². The van der Waals surface area contributed by atoms with Gasteiger partial charge in [-0.25, -0.2) is 5.84 Å². The van der Waals surface area contributed by atoms with Crippen molar-refractivity contribution in [1.29, 1.82) is 0 Å². The van der Waals surface area contributed by atoms with E-state index in [1.807, 2.05) is 11.9 Å². The summed E-state index contributed by atoms with van der Waals surface area (Å²) in [5.41, 5.74) is 2.51. The van der Waals surface area contributed by atoms with Gasteiger partial charge in [0.05, 0.1) is 13.2 Å². The second-order valence-corrected chi connectivity index (χ2v) is 4.87. The number of anilines is 3. The molecular formula is C12H23N7O. The van der Waals surface area contributed by atoms with Crippen molar-refractivity contribution in [2.24, 2.45) is 5.84 Å². The zero-order chi connectivity index (χ0) is 14.5. The number of ether oxygens (including phenoxy) is 1. The molecule has 1 aliphatic heterocycles. The van der Waals surface area contributed by atoms with Gasteiger partial charge in [0.1, 0.15) is 0 Å². The smallest absolute Gasteiger partial charge is 0.243 e. The van der Waals surface area contributed by atoms with Gasteiger partial charge >= 0.3 is 0 Å². The van der Waals surface area contributed by atoms with Crippen LogP contribution in [0.15, 0.2) is 0 Å². The number of morpholine rings is 1. The van der Waals surface area contributed by atoms with Crippen LogP contribution in [0.3, 0.4) is 0 Å². The van der Waals surface area contributed by atoms with E-state index in [1.165, 1.54) is 0 Å². The molecule has 2 heterocycles. The third kappa shape index (κ3) is 3.26. The van der Waals surface area contributed by atoms with Gasteiger partial charge in [0.15, 0.2) is 0 Å². The summed E-state index contributed by atoms with van der Waals surface area (Å²) >= 11 is 0. The molecule has 8 nitrogen and oxygen atoms in total. The van der Waals surface area contributed by atoms with Crippen LogP contribution in [0.1, 0.15) is 20.3 Å². The van der Waals surface area contributed by atoms with Gasteiger partial charge in [0.25, 0.3) is 0 Å². The number of aromatic nitrogens is 3. The Morgan fingerprint density at radius 1 is 1.35 bits per heavy atom. The van der Waals surface area contributed by atoms with Crippen molar-refractivity contribution in [3.05, 3.63) is 0 Å². The van der Waals surface area contributed by atoms with Crippen molar-refractivity contribution in [2.45, 2.75) is 26.3 Å². The average Bonchev–Trinajstić information content (AvgIpc) is 2.53. The largest absolute Gasteiger partial charge is 0.378 e. The molecule has 20 heavy (non-hydrogen) atoms. The zero-order valence-corrected chi connectivity index (χ0v) is 12.3. The molecule has 1 unspecified atom stereocenters. The first-order valence-electron chi connectivity index (χ1n) is 6.94. The molecule has 112 valence electrons. The molecule has 8 heteroatoms. The van der Waals surface area contributed by atoms with Crippen molar-refractivity contribution in [3.63, 3.8) is 0 Å². The third-order valence-electron chi connectivity index (χ3n) is 3.60. The fraction of sp³-hybridized carbons (Fsp3) is 0.750. The summed E-state index contributed by atoms with van der Waals surface area (Å²) in [5.74, 6) is 7.11. The van der Waals surface area contributed by atoms with Gasteiger partial charge in [0, 0.05) is 26.2 Å². The van der Waals surface area contributed by atoms with Gasteiger partial charge < -0.3 is 14.5 Å². The van der Waals surface area contributed by atoms with Crippen LogP contribution in [0.4, 0.5) is 17.8 Å². The summed E-state index contributed by atoms with van der Waals surface area (Å²) in [6.07, 6.45) is 1.01. The molecule has 0 aromatic carbocycles.